The molecule has 3 N–H and O–H groups in total. The molecule has 0 bridgehead atoms. The maximum absolute atomic E-state index is 7.25. The Balaban J connectivity index is 2.06. The number of nitrogens with two attached hydrogens (primary N) is 1. The molecule has 1 aliphatic rings. The summed E-state index contributed by atoms with van der Waals surface area (Å²) in [6, 6.07) is 3.62. The van der Waals surface area contributed by atoms with E-state index in [1.165, 1.54) is 0 Å². The molecular formula is C10H16N4O. The van der Waals surface area contributed by atoms with Crippen molar-refractivity contribution >= 4 is 11.7 Å². The second-order valence-corrected chi connectivity index (χ2v) is 3.84. The van der Waals surface area contributed by atoms with Crippen LogP contribution in [0.2, 0.25) is 0 Å². The fourth-order valence-corrected chi connectivity index (χ4v) is 1.67. The molecule has 0 saturated carbocycles. The zero-order chi connectivity index (χ0) is 10.8. The highest BCUT2D eigenvalue weighted by atomic mass is 16.4. The highest BCUT2D eigenvalue weighted by Crippen LogP contribution is 2.19. The van der Waals surface area contributed by atoms with Crippen LogP contribution in [-0.2, 0) is 0 Å². The second-order valence-electron chi connectivity index (χ2n) is 3.84. The Hall–Kier alpha value is -1.49. The van der Waals surface area contributed by atoms with Crippen molar-refractivity contribution in [3.8, 4) is 0 Å². The summed E-state index contributed by atoms with van der Waals surface area (Å²) in [4.78, 5) is 4.46. The van der Waals surface area contributed by atoms with E-state index in [0.29, 0.717) is 5.76 Å². The van der Waals surface area contributed by atoms with E-state index in [-0.39, 0.29) is 5.84 Å². The average molecular weight is 208 g/mol. The minimum Gasteiger partial charge on any atom is -0.437 e. The van der Waals surface area contributed by atoms with Crippen LogP contribution >= 0.6 is 0 Å². The Morgan fingerprint density at radius 3 is 2.53 bits per heavy atom. The zero-order valence-electron chi connectivity index (χ0n) is 8.86. The maximum Gasteiger partial charge on any atom is 0.196 e. The Kier molecular flexibility index (Phi) is 2.64. The molecule has 0 radical (unpaired) electrons. The fraction of sp³-hybridized carbons (Fsp3) is 0.500. The second kappa shape index (κ2) is 3.94. The lowest BCUT2D eigenvalue weighted by Crippen LogP contribution is -2.44. The Labute approximate surface area is 89.0 Å². The van der Waals surface area contributed by atoms with Gasteiger partial charge in [0.05, 0.1) is 0 Å². The molecule has 2 heterocycles. The first kappa shape index (κ1) is 10.0. The lowest BCUT2D eigenvalue weighted by molar-refractivity contribution is 0.306. The molecule has 15 heavy (non-hydrogen) atoms. The number of nitrogens with one attached hydrogen (secondary N) is 1. The van der Waals surface area contributed by atoms with E-state index in [2.05, 4.69) is 16.8 Å². The lowest BCUT2D eigenvalue weighted by Gasteiger charge is -2.32. The van der Waals surface area contributed by atoms with Gasteiger partial charge >= 0.3 is 0 Å². The molecule has 82 valence electrons. The molecular weight excluding hydrogens is 192 g/mol. The summed E-state index contributed by atoms with van der Waals surface area (Å²) in [6.45, 7) is 3.99. The van der Waals surface area contributed by atoms with Gasteiger partial charge in [-0.3, -0.25) is 5.41 Å². The molecule has 0 aliphatic carbocycles. The van der Waals surface area contributed by atoms with Gasteiger partial charge in [0.25, 0.3) is 0 Å². The molecule has 5 heteroatoms. The summed E-state index contributed by atoms with van der Waals surface area (Å²) in [6.07, 6.45) is 0. The van der Waals surface area contributed by atoms with E-state index in [1.54, 1.807) is 6.07 Å². The number of anilines is 1. The fourth-order valence-electron chi connectivity index (χ4n) is 1.67. The summed E-state index contributed by atoms with van der Waals surface area (Å²) in [5.41, 5.74) is 5.34. The van der Waals surface area contributed by atoms with Crippen molar-refractivity contribution in [3.05, 3.63) is 17.9 Å². The molecule has 0 unspecified atom stereocenters. The van der Waals surface area contributed by atoms with Crippen molar-refractivity contribution in [1.29, 1.82) is 5.41 Å². The minimum absolute atomic E-state index is 0.0182. The van der Waals surface area contributed by atoms with Crippen LogP contribution in [0.5, 0.6) is 0 Å². The number of hydrogen-bond donors (Lipinski definition) is 2. The standard InChI is InChI=1S/C10H16N4O/c1-13-4-6-14(7-5-13)9-3-2-8(15-9)10(11)12/h2-3H,4-7H2,1H3,(H3,11,12). The van der Waals surface area contributed by atoms with Crippen LogP contribution < -0.4 is 10.6 Å². The van der Waals surface area contributed by atoms with Crippen LogP contribution in [0.3, 0.4) is 0 Å². The summed E-state index contributed by atoms with van der Waals surface area (Å²) in [5.74, 6) is 1.24. The third kappa shape index (κ3) is 2.12. The topological polar surface area (TPSA) is 69.5 Å². The molecule has 1 aliphatic heterocycles. The van der Waals surface area contributed by atoms with Crippen LogP contribution in [-0.4, -0.2) is 44.0 Å². The molecule has 5 nitrogen and oxygen atoms in total. The van der Waals surface area contributed by atoms with E-state index in [4.69, 9.17) is 15.6 Å². The van der Waals surface area contributed by atoms with Crippen LogP contribution in [0.25, 0.3) is 0 Å². The normalized spacial score (nSPS) is 18.1. The first-order chi connectivity index (χ1) is 7.16. The predicted octanol–water partition coefficient (Wildman–Crippen LogP) is 0.315. The van der Waals surface area contributed by atoms with Crippen LogP contribution in [0.4, 0.5) is 5.88 Å². The maximum atomic E-state index is 7.25. The largest absolute Gasteiger partial charge is 0.437 e. The summed E-state index contributed by atoms with van der Waals surface area (Å²) in [7, 11) is 2.11. The summed E-state index contributed by atoms with van der Waals surface area (Å²) in [5, 5.41) is 7.25. The molecule has 0 atom stereocenters. The smallest absolute Gasteiger partial charge is 0.196 e. The van der Waals surface area contributed by atoms with E-state index in [1.807, 2.05) is 6.07 Å². The molecule has 0 spiro atoms. The van der Waals surface area contributed by atoms with Gasteiger partial charge in [0.15, 0.2) is 17.5 Å². The van der Waals surface area contributed by atoms with Gasteiger partial charge < -0.3 is 20.0 Å². The summed E-state index contributed by atoms with van der Waals surface area (Å²) < 4.78 is 5.48. The monoisotopic (exact) mass is 208 g/mol. The van der Waals surface area contributed by atoms with Crippen molar-refractivity contribution in [2.24, 2.45) is 5.73 Å². The van der Waals surface area contributed by atoms with Gasteiger partial charge in [-0.1, -0.05) is 0 Å². The first-order valence-corrected chi connectivity index (χ1v) is 5.04. The van der Waals surface area contributed by atoms with E-state index >= 15 is 0 Å². The van der Waals surface area contributed by atoms with Crippen LogP contribution in [0.15, 0.2) is 16.5 Å². The Morgan fingerprint density at radius 2 is 2.00 bits per heavy atom. The first-order valence-electron chi connectivity index (χ1n) is 5.04. The van der Waals surface area contributed by atoms with Gasteiger partial charge in [0.1, 0.15) is 0 Å². The van der Waals surface area contributed by atoms with Crippen molar-refractivity contribution < 1.29 is 4.42 Å². The predicted molar refractivity (Wildman–Crippen MR) is 59.4 cm³/mol. The molecule has 1 saturated heterocycles. The van der Waals surface area contributed by atoms with Gasteiger partial charge in [-0.25, -0.2) is 0 Å². The van der Waals surface area contributed by atoms with Crippen molar-refractivity contribution in [3.63, 3.8) is 0 Å². The number of rotatable bonds is 2. The van der Waals surface area contributed by atoms with Crippen LogP contribution in [0, 0.1) is 5.41 Å². The molecule has 1 aromatic rings. The van der Waals surface area contributed by atoms with Gasteiger partial charge in [0, 0.05) is 32.2 Å². The SMILES string of the molecule is CN1CCN(c2ccc(C(=N)N)o2)CC1. The van der Waals surface area contributed by atoms with Gasteiger partial charge in [-0.05, 0) is 13.1 Å². The van der Waals surface area contributed by atoms with Crippen molar-refractivity contribution in [2.75, 3.05) is 38.1 Å². The number of likely N-dealkylation sites (N-methyl/N-ethyl adjacent to an activating group) is 1. The zero-order valence-corrected chi connectivity index (χ0v) is 8.86. The average Bonchev–Trinajstić information content (AvgIpc) is 2.68. The third-order valence-electron chi connectivity index (χ3n) is 2.67. The third-order valence-corrected chi connectivity index (χ3v) is 2.67. The number of nitrogen functional groups attached to an aromatic ring is 1. The van der Waals surface area contributed by atoms with E-state index in [9.17, 15) is 0 Å². The molecule has 0 amide bonds. The lowest BCUT2D eigenvalue weighted by atomic mass is 10.3. The number of piperazine rings is 1. The number of hydrogen-bond acceptors (Lipinski definition) is 4. The minimum atomic E-state index is -0.0182. The van der Waals surface area contributed by atoms with E-state index in [0.717, 1.165) is 32.1 Å². The molecule has 1 aromatic heterocycles. The number of amidine groups is 1. The molecule has 2 rings (SSSR count). The van der Waals surface area contributed by atoms with Gasteiger partial charge in [0.2, 0.25) is 0 Å². The number of furan rings is 1. The van der Waals surface area contributed by atoms with Crippen molar-refractivity contribution in [2.45, 2.75) is 0 Å². The quantitative estimate of drug-likeness (QED) is 0.542. The molecule has 0 aromatic carbocycles. The van der Waals surface area contributed by atoms with Crippen molar-refractivity contribution in [1.82, 2.24) is 4.90 Å². The van der Waals surface area contributed by atoms with Crippen LogP contribution in [0.1, 0.15) is 5.76 Å². The highest BCUT2D eigenvalue weighted by Gasteiger charge is 2.17. The number of nitrogens with zero attached hydrogens (tertiary/aromatic N) is 2. The summed E-state index contributed by atoms with van der Waals surface area (Å²) >= 11 is 0. The Bertz CT molecular complexity index is 352. The van der Waals surface area contributed by atoms with E-state index < -0.39 is 0 Å². The highest BCUT2D eigenvalue weighted by molar-refractivity contribution is 5.92. The Morgan fingerprint density at radius 1 is 1.33 bits per heavy atom. The molecule has 1 fully saturated rings. The van der Waals surface area contributed by atoms with Gasteiger partial charge in [-0.15, -0.1) is 0 Å². The van der Waals surface area contributed by atoms with Gasteiger partial charge in [-0.2, -0.15) is 0 Å².